The SMILES string of the molecule is CC(Nc1cccc2n[se]nc12)c1ccc(F)cc1. The summed E-state index contributed by atoms with van der Waals surface area (Å²) in [5.41, 5.74) is 3.92. The molecule has 0 saturated heterocycles. The molecule has 96 valence electrons. The van der Waals surface area contributed by atoms with E-state index in [-0.39, 0.29) is 26.8 Å². The van der Waals surface area contributed by atoms with E-state index in [0.717, 1.165) is 22.3 Å². The first-order valence-electron chi connectivity index (χ1n) is 5.97. The fourth-order valence-corrected chi connectivity index (χ4v) is 3.14. The van der Waals surface area contributed by atoms with Gasteiger partial charge in [-0.3, -0.25) is 0 Å². The van der Waals surface area contributed by atoms with E-state index in [1.807, 2.05) is 25.1 Å². The van der Waals surface area contributed by atoms with Crippen molar-refractivity contribution in [1.29, 1.82) is 0 Å². The Hall–Kier alpha value is -1.71. The van der Waals surface area contributed by atoms with Crippen LogP contribution in [0, 0.1) is 5.82 Å². The molecule has 0 spiro atoms. The van der Waals surface area contributed by atoms with Gasteiger partial charge in [-0.15, -0.1) is 0 Å². The summed E-state index contributed by atoms with van der Waals surface area (Å²) in [5, 5.41) is 3.41. The summed E-state index contributed by atoms with van der Waals surface area (Å²) in [4.78, 5) is 0. The second-order valence-corrected chi connectivity index (χ2v) is 5.46. The molecule has 1 N–H and O–H groups in total. The Morgan fingerprint density at radius 1 is 1.11 bits per heavy atom. The van der Waals surface area contributed by atoms with Crippen LogP contribution in [0.25, 0.3) is 11.0 Å². The molecule has 0 aliphatic carbocycles. The van der Waals surface area contributed by atoms with Crippen molar-refractivity contribution in [2.75, 3.05) is 5.32 Å². The van der Waals surface area contributed by atoms with Gasteiger partial charge in [-0.05, 0) is 0 Å². The molecular weight excluding hydrogens is 308 g/mol. The summed E-state index contributed by atoms with van der Waals surface area (Å²) in [5.74, 6) is -0.215. The molecular formula is C14H12FN3Se. The van der Waals surface area contributed by atoms with Crippen LogP contribution in [-0.2, 0) is 0 Å². The van der Waals surface area contributed by atoms with E-state index in [1.165, 1.54) is 12.1 Å². The molecule has 3 aromatic rings. The Bertz CT molecular complexity index is 693. The van der Waals surface area contributed by atoms with Gasteiger partial charge < -0.3 is 0 Å². The van der Waals surface area contributed by atoms with E-state index < -0.39 is 0 Å². The summed E-state index contributed by atoms with van der Waals surface area (Å²) in [6.07, 6.45) is 0. The quantitative estimate of drug-likeness (QED) is 0.754. The number of benzene rings is 2. The minimum atomic E-state index is -0.215. The third-order valence-electron chi connectivity index (χ3n) is 3.03. The molecule has 3 rings (SSSR count). The maximum absolute atomic E-state index is 12.9. The number of aromatic nitrogens is 2. The first kappa shape index (κ1) is 12.3. The number of fused-ring (bicyclic) bond motifs is 1. The summed E-state index contributed by atoms with van der Waals surface area (Å²) in [7, 11) is 0. The number of hydrogen-bond acceptors (Lipinski definition) is 3. The zero-order valence-electron chi connectivity index (χ0n) is 10.3. The molecule has 5 heteroatoms. The summed E-state index contributed by atoms with van der Waals surface area (Å²) in [6, 6.07) is 12.6. The van der Waals surface area contributed by atoms with Crippen LogP contribution in [0.15, 0.2) is 42.5 Å². The van der Waals surface area contributed by atoms with Crippen LogP contribution < -0.4 is 5.32 Å². The molecule has 1 atom stereocenters. The minimum absolute atomic E-state index is 0.0285. The van der Waals surface area contributed by atoms with E-state index in [0.29, 0.717) is 0 Å². The van der Waals surface area contributed by atoms with Crippen molar-refractivity contribution in [2.24, 2.45) is 0 Å². The fourth-order valence-electron chi connectivity index (χ4n) is 1.99. The number of anilines is 1. The Morgan fingerprint density at radius 2 is 1.89 bits per heavy atom. The summed E-state index contributed by atoms with van der Waals surface area (Å²) >= 11 is -0.0285. The molecule has 0 aliphatic heterocycles. The molecule has 1 heterocycles. The van der Waals surface area contributed by atoms with E-state index in [4.69, 9.17) is 0 Å². The molecule has 0 amide bonds. The second kappa shape index (κ2) is 5.11. The van der Waals surface area contributed by atoms with Gasteiger partial charge in [0.25, 0.3) is 0 Å². The van der Waals surface area contributed by atoms with Crippen LogP contribution in [0.1, 0.15) is 18.5 Å². The average molecular weight is 320 g/mol. The average Bonchev–Trinajstić information content (AvgIpc) is 2.89. The normalized spacial score (nSPS) is 12.5. The van der Waals surface area contributed by atoms with Crippen molar-refractivity contribution < 1.29 is 4.39 Å². The number of nitrogens with one attached hydrogen (secondary N) is 1. The molecule has 19 heavy (non-hydrogen) atoms. The third-order valence-corrected chi connectivity index (χ3v) is 4.17. The first-order chi connectivity index (χ1) is 9.24. The standard InChI is InChI=1S/C14H12FN3Se/c1-9(10-5-7-11(15)8-6-10)16-12-3-2-4-13-14(12)18-19-17-13/h2-9,16H,1H3. The van der Waals surface area contributed by atoms with Gasteiger partial charge in [-0.25, -0.2) is 0 Å². The van der Waals surface area contributed by atoms with Crippen LogP contribution in [0.5, 0.6) is 0 Å². The van der Waals surface area contributed by atoms with Crippen LogP contribution in [0.2, 0.25) is 0 Å². The predicted molar refractivity (Wildman–Crippen MR) is 74.9 cm³/mol. The van der Waals surface area contributed by atoms with Gasteiger partial charge in [-0.2, -0.15) is 0 Å². The molecule has 1 unspecified atom stereocenters. The monoisotopic (exact) mass is 321 g/mol. The predicted octanol–water partition coefficient (Wildman–Crippen LogP) is 3.00. The topological polar surface area (TPSA) is 37.8 Å². The van der Waals surface area contributed by atoms with Gasteiger partial charge in [0.2, 0.25) is 0 Å². The Labute approximate surface area is 116 Å². The molecule has 2 aromatic carbocycles. The van der Waals surface area contributed by atoms with Crippen LogP contribution >= 0.6 is 0 Å². The Morgan fingerprint density at radius 3 is 2.68 bits per heavy atom. The Balaban J connectivity index is 1.88. The van der Waals surface area contributed by atoms with E-state index in [1.54, 1.807) is 12.1 Å². The van der Waals surface area contributed by atoms with Crippen molar-refractivity contribution in [2.45, 2.75) is 13.0 Å². The molecule has 0 radical (unpaired) electrons. The molecule has 0 aliphatic rings. The second-order valence-electron chi connectivity index (χ2n) is 4.36. The Kier molecular flexibility index (Phi) is 3.32. The zero-order valence-corrected chi connectivity index (χ0v) is 12.0. The van der Waals surface area contributed by atoms with Gasteiger partial charge in [0.05, 0.1) is 0 Å². The molecule has 0 bridgehead atoms. The van der Waals surface area contributed by atoms with Crippen LogP contribution in [0.3, 0.4) is 0 Å². The van der Waals surface area contributed by atoms with Crippen molar-refractivity contribution in [1.82, 2.24) is 7.96 Å². The first-order valence-corrected chi connectivity index (χ1v) is 7.50. The van der Waals surface area contributed by atoms with E-state index in [9.17, 15) is 4.39 Å². The molecule has 3 nitrogen and oxygen atoms in total. The van der Waals surface area contributed by atoms with Crippen LogP contribution in [-0.4, -0.2) is 22.9 Å². The van der Waals surface area contributed by atoms with Crippen molar-refractivity contribution >= 4 is 31.7 Å². The van der Waals surface area contributed by atoms with Gasteiger partial charge in [0, 0.05) is 0 Å². The number of rotatable bonds is 3. The molecule has 0 fully saturated rings. The number of halogens is 1. The van der Waals surface area contributed by atoms with Gasteiger partial charge >= 0.3 is 116 Å². The molecule has 0 saturated carbocycles. The summed E-state index contributed by atoms with van der Waals surface area (Å²) in [6.45, 7) is 2.05. The third kappa shape index (κ3) is 2.53. The number of nitrogens with zero attached hydrogens (tertiary/aromatic N) is 2. The summed E-state index contributed by atoms with van der Waals surface area (Å²) < 4.78 is 21.7. The van der Waals surface area contributed by atoms with Gasteiger partial charge in [-0.1, -0.05) is 0 Å². The van der Waals surface area contributed by atoms with Crippen molar-refractivity contribution in [3.05, 3.63) is 53.8 Å². The fraction of sp³-hybridized carbons (Fsp3) is 0.143. The molecule has 1 aromatic heterocycles. The van der Waals surface area contributed by atoms with E-state index in [2.05, 4.69) is 13.3 Å². The van der Waals surface area contributed by atoms with Gasteiger partial charge in [0.1, 0.15) is 0 Å². The van der Waals surface area contributed by atoms with Crippen molar-refractivity contribution in [3.63, 3.8) is 0 Å². The number of hydrogen-bond donors (Lipinski definition) is 1. The van der Waals surface area contributed by atoms with Gasteiger partial charge in [0.15, 0.2) is 0 Å². The zero-order chi connectivity index (χ0) is 13.2. The maximum atomic E-state index is 12.9. The van der Waals surface area contributed by atoms with Crippen molar-refractivity contribution in [3.8, 4) is 0 Å². The van der Waals surface area contributed by atoms with Crippen LogP contribution in [0.4, 0.5) is 10.1 Å². The van der Waals surface area contributed by atoms with E-state index >= 15 is 0 Å².